The minimum Gasteiger partial charge on any atom is -0.368 e. The van der Waals surface area contributed by atoms with Crippen LogP contribution in [0.1, 0.15) is 26.6 Å². The van der Waals surface area contributed by atoms with Gasteiger partial charge in [-0.2, -0.15) is 4.52 Å². The first-order valence-corrected chi connectivity index (χ1v) is 6.65. The van der Waals surface area contributed by atoms with E-state index < -0.39 is 5.41 Å². The van der Waals surface area contributed by atoms with E-state index in [1.165, 1.54) is 0 Å². The highest BCUT2D eigenvalue weighted by molar-refractivity contribution is 5.82. The van der Waals surface area contributed by atoms with Crippen molar-refractivity contribution in [2.75, 3.05) is 18.9 Å². The van der Waals surface area contributed by atoms with Crippen LogP contribution in [0.4, 0.5) is 5.82 Å². The second kappa shape index (κ2) is 5.44. The predicted molar refractivity (Wildman–Crippen MR) is 76.5 cm³/mol. The molecule has 2 N–H and O–H groups in total. The quantitative estimate of drug-likeness (QED) is 0.846. The highest BCUT2D eigenvalue weighted by atomic mass is 16.2. The Hall–Kier alpha value is -2.18. The number of aryl methyl sites for hydroxylation is 1. The van der Waals surface area contributed by atoms with Crippen molar-refractivity contribution in [2.45, 2.75) is 27.2 Å². The van der Waals surface area contributed by atoms with Crippen LogP contribution >= 0.6 is 0 Å². The fourth-order valence-corrected chi connectivity index (χ4v) is 1.88. The molecule has 0 spiro atoms. The van der Waals surface area contributed by atoms with Crippen molar-refractivity contribution in [3.63, 3.8) is 0 Å². The second-order valence-electron chi connectivity index (χ2n) is 5.27. The molecule has 0 unspecified atom stereocenters. The van der Waals surface area contributed by atoms with Crippen molar-refractivity contribution in [3.8, 4) is 0 Å². The molecule has 0 saturated heterocycles. The minimum atomic E-state index is -0.508. The number of nitrogens with zero attached hydrogens (tertiary/aromatic N) is 4. The van der Waals surface area contributed by atoms with Crippen molar-refractivity contribution in [1.82, 2.24) is 25.1 Å². The lowest BCUT2D eigenvalue weighted by Crippen LogP contribution is -2.39. The number of hydrogen-bond donors (Lipinski definition) is 2. The highest BCUT2D eigenvalue weighted by Gasteiger charge is 2.26. The molecule has 1 amide bonds. The van der Waals surface area contributed by atoms with Crippen LogP contribution in [0.3, 0.4) is 0 Å². The first-order valence-electron chi connectivity index (χ1n) is 6.65. The number of fused-ring (bicyclic) bond motifs is 1. The summed E-state index contributed by atoms with van der Waals surface area (Å²) in [5.41, 5.74) is 0.213. The van der Waals surface area contributed by atoms with Crippen LogP contribution in [0.15, 0.2) is 12.1 Å². The van der Waals surface area contributed by atoms with Crippen molar-refractivity contribution in [2.24, 2.45) is 5.41 Å². The van der Waals surface area contributed by atoms with Gasteiger partial charge in [-0.25, -0.2) is 0 Å². The van der Waals surface area contributed by atoms with Crippen LogP contribution in [-0.4, -0.2) is 39.3 Å². The van der Waals surface area contributed by atoms with Crippen molar-refractivity contribution in [3.05, 3.63) is 18.0 Å². The maximum Gasteiger partial charge on any atom is 0.227 e. The smallest absolute Gasteiger partial charge is 0.227 e. The first-order chi connectivity index (χ1) is 9.47. The molecule has 20 heavy (non-hydrogen) atoms. The number of anilines is 1. The lowest BCUT2D eigenvalue weighted by Gasteiger charge is -2.23. The summed E-state index contributed by atoms with van der Waals surface area (Å²) in [4.78, 5) is 11.7. The molecule has 0 bridgehead atoms. The standard InChI is InChI=1S/C13H20N6O/c1-5-10-16-17-11-7-6-9(18-19(10)11)15-8-13(2,3)12(20)14-4/h6-7H,5,8H2,1-4H3,(H,14,20)(H,15,18). The molecule has 2 heterocycles. The number of aromatic nitrogens is 4. The molecule has 0 atom stereocenters. The molecule has 108 valence electrons. The van der Waals surface area contributed by atoms with Gasteiger partial charge in [0.25, 0.3) is 0 Å². The van der Waals surface area contributed by atoms with E-state index in [4.69, 9.17) is 0 Å². The maximum atomic E-state index is 11.7. The summed E-state index contributed by atoms with van der Waals surface area (Å²) in [6.07, 6.45) is 0.765. The molecule has 0 aliphatic rings. The van der Waals surface area contributed by atoms with Gasteiger partial charge in [0.1, 0.15) is 5.82 Å². The molecule has 0 aliphatic carbocycles. The van der Waals surface area contributed by atoms with Gasteiger partial charge in [0.2, 0.25) is 5.91 Å². The van der Waals surface area contributed by atoms with Crippen LogP contribution in [0.25, 0.3) is 5.65 Å². The van der Waals surface area contributed by atoms with Gasteiger partial charge in [-0.05, 0) is 26.0 Å². The van der Waals surface area contributed by atoms with Crippen LogP contribution in [0.5, 0.6) is 0 Å². The Kier molecular flexibility index (Phi) is 3.87. The Bertz CT molecular complexity index is 618. The largest absolute Gasteiger partial charge is 0.368 e. The van der Waals surface area contributed by atoms with E-state index in [-0.39, 0.29) is 5.91 Å². The third kappa shape index (κ3) is 2.71. The zero-order valence-corrected chi connectivity index (χ0v) is 12.3. The number of amides is 1. The number of hydrogen-bond acceptors (Lipinski definition) is 5. The zero-order valence-electron chi connectivity index (χ0n) is 12.3. The summed E-state index contributed by atoms with van der Waals surface area (Å²) in [6.45, 7) is 6.27. The Balaban J connectivity index is 2.16. The van der Waals surface area contributed by atoms with Gasteiger partial charge in [-0.1, -0.05) is 6.92 Å². The van der Waals surface area contributed by atoms with E-state index in [1.807, 2.05) is 32.9 Å². The van der Waals surface area contributed by atoms with E-state index in [2.05, 4.69) is 25.9 Å². The third-order valence-corrected chi connectivity index (χ3v) is 3.20. The van der Waals surface area contributed by atoms with E-state index in [1.54, 1.807) is 11.6 Å². The average Bonchev–Trinajstić information content (AvgIpc) is 2.86. The minimum absolute atomic E-state index is 0.00961. The molecule has 2 rings (SSSR count). The molecular formula is C13H20N6O. The van der Waals surface area contributed by atoms with E-state index in [9.17, 15) is 4.79 Å². The van der Waals surface area contributed by atoms with Crippen LogP contribution in [0, 0.1) is 5.41 Å². The Morgan fingerprint density at radius 3 is 2.75 bits per heavy atom. The molecule has 7 nitrogen and oxygen atoms in total. The van der Waals surface area contributed by atoms with Crippen molar-refractivity contribution >= 4 is 17.4 Å². The Morgan fingerprint density at radius 1 is 1.35 bits per heavy atom. The van der Waals surface area contributed by atoms with Crippen LogP contribution in [-0.2, 0) is 11.2 Å². The molecule has 2 aromatic rings. The lowest BCUT2D eigenvalue weighted by molar-refractivity contribution is -0.128. The monoisotopic (exact) mass is 276 g/mol. The van der Waals surface area contributed by atoms with Gasteiger partial charge >= 0.3 is 0 Å². The average molecular weight is 276 g/mol. The van der Waals surface area contributed by atoms with Crippen LogP contribution in [0.2, 0.25) is 0 Å². The molecule has 0 aromatic carbocycles. The summed E-state index contributed by atoms with van der Waals surface area (Å²) in [5.74, 6) is 1.50. The highest BCUT2D eigenvalue weighted by Crippen LogP contribution is 2.16. The normalized spacial score (nSPS) is 11.6. The molecule has 2 aromatic heterocycles. The summed E-state index contributed by atoms with van der Waals surface area (Å²) in [5, 5.41) is 18.4. The van der Waals surface area contributed by atoms with Gasteiger partial charge in [0.05, 0.1) is 5.41 Å². The van der Waals surface area contributed by atoms with Gasteiger partial charge in [-0.15, -0.1) is 15.3 Å². The van der Waals surface area contributed by atoms with E-state index in [0.29, 0.717) is 12.4 Å². The molecule has 0 saturated carbocycles. The van der Waals surface area contributed by atoms with Gasteiger partial charge in [-0.3, -0.25) is 4.79 Å². The fourth-order valence-electron chi connectivity index (χ4n) is 1.88. The predicted octanol–water partition coefficient (Wildman–Crippen LogP) is 0.871. The molecule has 0 aliphatic heterocycles. The Morgan fingerprint density at radius 2 is 2.10 bits per heavy atom. The SMILES string of the molecule is CCc1nnc2ccc(NCC(C)(C)C(=O)NC)nn12. The number of carbonyl (C=O) groups is 1. The maximum absolute atomic E-state index is 11.7. The zero-order chi connectivity index (χ0) is 14.8. The summed E-state index contributed by atoms with van der Waals surface area (Å²) in [7, 11) is 1.64. The molecular weight excluding hydrogens is 256 g/mol. The van der Waals surface area contributed by atoms with Crippen LogP contribution < -0.4 is 10.6 Å². The van der Waals surface area contributed by atoms with Gasteiger partial charge in [0, 0.05) is 20.0 Å². The van der Waals surface area contributed by atoms with Crippen molar-refractivity contribution in [1.29, 1.82) is 0 Å². The van der Waals surface area contributed by atoms with Gasteiger partial charge in [0.15, 0.2) is 11.5 Å². The molecule has 7 heteroatoms. The fraction of sp³-hybridized carbons (Fsp3) is 0.538. The number of rotatable bonds is 5. The summed E-state index contributed by atoms with van der Waals surface area (Å²) < 4.78 is 1.72. The third-order valence-electron chi connectivity index (χ3n) is 3.20. The molecule has 0 radical (unpaired) electrons. The van der Waals surface area contributed by atoms with Gasteiger partial charge < -0.3 is 10.6 Å². The summed E-state index contributed by atoms with van der Waals surface area (Å²) in [6, 6.07) is 3.69. The van der Waals surface area contributed by atoms with E-state index in [0.717, 1.165) is 17.9 Å². The van der Waals surface area contributed by atoms with E-state index >= 15 is 0 Å². The second-order valence-corrected chi connectivity index (χ2v) is 5.27. The lowest BCUT2D eigenvalue weighted by atomic mass is 9.92. The van der Waals surface area contributed by atoms with Crippen molar-refractivity contribution < 1.29 is 4.79 Å². The molecule has 0 fully saturated rings. The Labute approximate surface area is 117 Å². The number of nitrogens with one attached hydrogen (secondary N) is 2. The first kappa shape index (κ1) is 14.2. The summed E-state index contributed by atoms with van der Waals surface area (Å²) >= 11 is 0. The topological polar surface area (TPSA) is 84.2 Å². The number of carbonyl (C=O) groups excluding carboxylic acids is 1.